The lowest BCUT2D eigenvalue weighted by molar-refractivity contribution is -0.121. The van der Waals surface area contributed by atoms with Crippen LogP contribution >= 0.6 is 0 Å². The zero-order valence-electron chi connectivity index (χ0n) is 12.2. The lowest BCUT2D eigenvalue weighted by Crippen LogP contribution is -2.34. The Kier molecular flexibility index (Phi) is 7.32. The monoisotopic (exact) mass is 277 g/mol. The number of pyridine rings is 1. The van der Waals surface area contributed by atoms with E-state index in [4.69, 9.17) is 0 Å². The first-order valence-corrected chi connectivity index (χ1v) is 7.11. The third-order valence-corrected chi connectivity index (χ3v) is 2.91. The van der Waals surface area contributed by atoms with E-state index in [2.05, 4.69) is 22.5 Å². The molecule has 0 aliphatic heterocycles. The Bertz CT molecular complexity index is 429. The van der Waals surface area contributed by atoms with Gasteiger partial charge in [-0.15, -0.1) is 0 Å². The molecule has 0 fully saturated rings. The number of carbonyl (C=O) groups excluding carboxylic acids is 2. The normalized spacial score (nSPS) is 10.1. The molecule has 5 heteroatoms. The van der Waals surface area contributed by atoms with Crippen LogP contribution in [0.1, 0.15) is 48.7 Å². The molecular weight excluding hydrogens is 254 g/mol. The molecule has 5 nitrogen and oxygen atoms in total. The lowest BCUT2D eigenvalue weighted by Gasteiger charge is -2.07. The fraction of sp³-hybridized carbons (Fsp3) is 0.533. The van der Waals surface area contributed by atoms with Crippen LogP contribution in [0.5, 0.6) is 0 Å². The van der Waals surface area contributed by atoms with Gasteiger partial charge in [-0.05, 0) is 25.5 Å². The first kappa shape index (κ1) is 16.1. The van der Waals surface area contributed by atoms with E-state index in [1.807, 2.05) is 6.92 Å². The van der Waals surface area contributed by atoms with Crippen molar-refractivity contribution in [1.29, 1.82) is 0 Å². The van der Waals surface area contributed by atoms with E-state index < -0.39 is 0 Å². The van der Waals surface area contributed by atoms with E-state index in [1.54, 1.807) is 18.3 Å². The summed E-state index contributed by atoms with van der Waals surface area (Å²) in [7, 11) is 0. The maximum absolute atomic E-state index is 11.7. The van der Waals surface area contributed by atoms with Gasteiger partial charge in [0.2, 0.25) is 5.91 Å². The molecule has 110 valence electrons. The van der Waals surface area contributed by atoms with Crippen molar-refractivity contribution in [2.75, 3.05) is 13.1 Å². The van der Waals surface area contributed by atoms with Gasteiger partial charge in [0, 0.05) is 31.4 Å². The largest absolute Gasteiger partial charge is 0.354 e. The molecule has 0 atom stereocenters. The van der Waals surface area contributed by atoms with Crippen molar-refractivity contribution in [2.45, 2.75) is 39.5 Å². The number of hydrogen-bond donors (Lipinski definition) is 2. The van der Waals surface area contributed by atoms with Crippen LogP contribution in [-0.4, -0.2) is 29.9 Å². The number of aromatic nitrogens is 1. The van der Waals surface area contributed by atoms with Crippen molar-refractivity contribution >= 4 is 11.8 Å². The summed E-state index contributed by atoms with van der Waals surface area (Å²) in [5.74, 6) is -0.123. The standard InChI is InChI=1S/C15H23N3O2/c1-3-4-5-6-14(19)16-9-10-17-15(20)13-8-7-12(2)18-11-13/h7-8,11H,3-6,9-10H2,1-2H3,(H,16,19)(H,17,20). The molecule has 0 bridgehead atoms. The van der Waals surface area contributed by atoms with E-state index in [9.17, 15) is 9.59 Å². The zero-order chi connectivity index (χ0) is 14.8. The molecule has 20 heavy (non-hydrogen) atoms. The SMILES string of the molecule is CCCCCC(=O)NCCNC(=O)c1ccc(C)nc1. The molecule has 0 saturated carbocycles. The zero-order valence-corrected chi connectivity index (χ0v) is 12.2. The van der Waals surface area contributed by atoms with Crippen molar-refractivity contribution in [3.63, 3.8) is 0 Å². The molecule has 0 aliphatic rings. The average Bonchev–Trinajstić information content (AvgIpc) is 2.44. The Labute approximate surface area is 120 Å². The molecule has 0 spiro atoms. The van der Waals surface area contributed by atoms with Crippen LogP contribution in [-0.2, 0) is 4.79 Å². The molecule has 1 rings (SSSR count). The Morgan fingerprint density at radius 3 is 2.55 bits per heavy atom. The molecular formula is C15H23N3O2. The third kappa shape index (κ3) is 6.31. The van der Waals surface area contributed by atoms with Gasteiger partial charge in [0.25, 0.3) is 5.91 Å². The summed E-state index contributed by atoms with van der Waals surface area (Å²) in [5.41, 5.74) is 1.41. The van der Waals surface area contributed by atoms with Gasteiger partial charge in [0.05, 0.1) is 5.56 Å². The Morgan fingerprint density at radius 2 is 1.90 bits per heavy atom. The quantitative estimate of drug-likeness (QED) is 0.712. The Morgan fingerprint density at radius 1 is 1.15 bits per heavy atom. The summed E-state index contributed by atoms with van der Waals surface area (Å²) < 4.78 is 0. The number of amides is 2. The van der Waals surface area contributed by atoms with Crippen LogP contribution in [0.4, 0.5) is 0 Å². The summed E-state index contributed by atoms with van der Waals surface area (Å²) in [6, 6.07) is 3.53. The van der Waals surface area contributed by atoms with Gasteiger partial charge in [-0.2, -0.15) is 0 Å². The summed E-state index contributed by atoms with van der Waals surface area (Å²) in [6.07, 6.45) is 5.21. The maximum Gasteiger partial charge on any atom is 0.252 e. The second-order valence-electron chi connectivity index (χ2n) is 4.75. The Hall–Kier alpha value is -1.91. The highest BCUT2D eigenvalue weighted by Gasteiger charge is 2.05. The van der Waals surface area contributed by atoms with E-state index in [-0.39, 0.29) is 11.8 Å². The molecule has 2 amide bonds. The van der Waals surface area contributed by atoms with Gasteiger partial charge in [0.15, 0.2) is 0 Å². The summed E-state index contributed by atoms with van der Waals surface area (Å²) in [4.78, 5) is 27.3. The van der Waals surface area contributed by atoms with Gasteiger partial charge in [-0.25, -0.2) is 0 Å². The lowest BCUT2D eigenvalue weighted by atomic mass is 10.2. The molecule has 0 radical (unpaired) electrons. The summed E-state index contributed by atoms with van der Waals surface area (Å²) in [5, 5.41) is 5.54. The van der Waals surface area contributed by atoms with Crippen LogP contribution in [0.2, 0.25) is 0 Å². The van der Waals surface area contributed by atoms with E-state index >= 15 is 0 Å². The van der Waals surface area contributed by atoms with Gasteiger partial charge in [-0.3, -0.25) is 14.6 Å². The minimum atomic E-state index is -0.169. The van der Waals surface area contributed by atoms with Gasteiger partial charge < -0.3 is 10.6 Å². The highest BCUT2D eigenvalue weighted by atomic mass is 16.2. The third-order valence-electron chi connectivity index (χ3n) is 2.91. The molecule has 1 aromatic rings. The highest BCUT2D eigenvalue weighted by Crippen LogP contribution is 1.99. The summed E-state index contributed by atoms with van der Waals surface area (Å²) in [6.45, 7) is 4.85. The van der Waals surface area contributed by atoms with E-state index in [0.717, 1.165) is 25.0 Å². The van der Waals surface area contributed by atoms with Crippen molar-refractivity contribution in [2.24, 2.45) is 0 Å². The number of carbonyl (C=O) groups is 2. The fourth-order valence-corrected chi connectivity index (χ4v) is 1.71. The van der Waals surface area contributed by atoms with Crippen molar-refractivity contribution in [1.82, 2.24) is 15.6 Å². The maximum atomic E-state index is 11.7. The molecule has 0 aliphatic carbocycles. The van der Waals surface area contributed by atoms with Crippen molar-refractivity contribution in [3.8, 4) is 0 Å². The molecule has 0 unspecified atom stereocenters. The second-order valence-corrected chi connectivity index (χ2v) is 4.75. The molecule has 0 aromatic carbocycles. The van der Waals surface area contributed by atoms with Crippen LogP contribution in [0.3, 0.4) is 0 Å². The molecule has 1 heterocycles. The van der Waals surface area contributed by atoms with Crippen molar-refractivity contribution < 1.29 is 9.59 Å². The molecule has 0 saturated heterocycles. The number of aryl methyl sites for hydroxylation is 1. The number of hydrogen-bond acceptors (Lipinski definition) is 3. The van der Waals surface area contributed by atoms with Gasteiger partial charge in [-0.1, -0.05) is 19.8 Å². The van der Waals surface area contributed by atoms with Gasteiger partial charge >= 0.3 is 0 Å². The van der Waals surface area contributed by atoms with Crippen LogP contribution in [0.15, 0.2) is 18.3 Å². The second kappa shape index (κ2) is 9.07. The number of nitrogens with one attached hydrogen (secondary N) is 2. The molecule has 1 aromatic heterocycles. The topological polar surface area (TPSA) is 71.1 Å². The van der Waals surface area contributed by atoms with Crippen LogP contribution < -0.4 is 10.6 Å². The van der Waals surface area contributed by atoms with Gasteiger partial charge in [0.1, 0.15) is 0 Å². The minimum Gasteiger partial charge on any atom is -0.354 e. The van der Waals surface area contributed by atoms with E-state index in [1.165, 1.54) is 0 Å². The predicted molar refractivity (Wildman–Crippen MR) is 78.5 cm³/mol. The minimum absolute atomic E-state index is 0.0460. The molecule has 2 N–H and O–H groups in total. The first-order chi connectivity index (χ1) is 9.63. The first-order valence-electron chi connectivity index (χ1n) is 7.11. The fourth-order valence-electron chi connectivity index (χ4n) is 1.71. The van der Waals surface area contributed by atoms with Crippen LogP contribution in [0.25, 0.3) is 0 Å². The summed E-state index contributed by atoms with van der Waals surface area (Å²) >= 11 is 0. The van der Waals surface area contributed by atoms with Crippen LogP contribution in [0, 0.1) is 6.92 Å². The number of unbranched alkanes of at least 4 members (excludes halogenated alkanes) is 2. The Balaban J connectivity index is 2.16. The smallest absolute Gasteiger partial charge is 0.252 e. The highest BCUT2D eigenvalue weighted by molar-refractivity contribution is 5.93. The predicted octanol–water partition coefficient (Wildman–Crippen LogP) is 1.82. The van der Waals surface area contributed by atoms with E-state index in [0.29, 0.717) is 25.1 Å². The average molecular weight is 277 g/mol. The number of nitrogens with zero attached hydrogens (tertiary/aromatic N) is 1. The van der Waals surface area contributed by atoms with Crippen molar-refractivity contribution in [3.05, 3.63) is 29.6 Å². The number of rotatable bonds is 8.